The van der Waals surface area contributed by atoms with Crippen molar-refractivity contribution in [3.63, 3.8) is 0 Å². The van der Waals surface area contributed by atoms with Crippen LogP contribution in [0.25, 0.3) is 10.9 Å². The third-order valence-electron chi connectivity index (χ3n) is 6.01. The summed E-state index contributed by atoms with van der Waals surface area (Å²) in [6, 6.07) is 20.3. The predicted octanol–water partition coefficient (Wildman–Crippen LogP) is 3.65. The SMILES string of the molecule is CN(C)CCc1ccc(C#Cc2ccc(S(=O)(=O)N[C@H](Cc3c[nH]c4ccccc34)C(=O)O)cc2)cc1. The molecule has 37 heavy (non-hydrogen) atoms. The van der Waals surface area contributed by atoms with Crippen LogP contribution in [0.2, 0.25) is 0 Å². The zero-order valence-electron chi connectivity index (χ0n) is 20.7. The number of hydrogen-bond donors (Lipinski definition) is 3. The second-order valence-corrected chi connectivity index (χ2v) is 10.8. The third kappa shape index (κ3) is 6.86. The van der Waals surface area contributed by atoms with Crippen molar-refractivity contribution >= 4 is 26.9 Å². The van der Waals surface area contributed by atoms with Gasteiger partial charge >= 0.3 is 5.97 Å². The molecule has 1 aromatic heterocycles. The van der Waals surface area contributed by atoms with E-state index in [0.29, 0.717) is 5.56 Å². The Labute approximate surface area is 217 Å². The molecule has 8 heteroatoms. The van der Waals surface area contributed by atoms with Crippen molar-refractivity contribution < 1.29 is 18.3 Å². The molecule has 0 unspecified atom stereocenters. The highest BCUT2D eigenvalue weighted by Gasteiger charge is 2.26. The molecular formula is C29H29N3O4S. The van der Waals surface area contributed by atoms with Gasteiger partial charge in [-0.1, -0.05) is 42.2 Å². The second-order valence-electron chi connectivity index (χ2n) is 9.10. The molecule has 190 valence electrons. The summed E-state index contributed by atoms with van der Waals surface area (Å²) >= 11 is 0. The molecule has 0 spiro atoms. The number of sulfonamides is 1. The number of likely N-dealkylation sites (N-methyl/N-ethyl adjacent to an activating group) is 1. The molecule has 0 aliphatic heterocycles. The molecule has 0 amide bonds. The van der Waals surface area contributed by atoms with Gasteiger partial charge in [0.25, 0.3) is 0 Å². The highest BCUT2D eigenvalue weighted by Crippen LogP contribution is 2.20. The zero-order chi connectivity index (χ0) is 26.4. The third-order valence-corrected chi connectivity index (χ3v) is 7.50. The Balaban J connectivity index is 1.43. The second kappa shape index (κ2) is 11.4. The standard InChI is InChI=1S/C29H29N3O4S/c1-32(2)18-17-23-11-9-21(10-12-23)7-8-22-13-15-25(16-14-22)37(35,36)31-28(29(33)34)19-24-20-30-27-6-4-3-5-26(24)27/h3-6,9-16,20,28,30-31H,17-19H2,1-2H3,(H,33,34)/t28-/m1/s1. The van der Waals surface area contributed by atoms with E-state index in [2.05, 4.69) is 38.6 Å². The fraction of sp³-hybridized carbons (Fsp3) is 0.207. The summed E-state index contributed by atoms with van der Waals surface area (Å²) in [5.41, 5.74) is 4.35. The fourth-order valence-electron chi connectivity index (χ4n) is 3.92. The molecule has 1 heterocycles. The number of benzene rings is 3. The van der Waals surface area contributed by atoms with E-state index in [9.17, 15) is 18.3 Å². The average Bonchev–Trinajstić information content (AvgIpc) is 3.29. The Hall–Kier alpha value is -3.90. The molecule has 0 saturated heterocycles. The van der Waals surface area contributed by atoms with Crippen LogP contribution in [0.15, 0.2) is 83.9 Å². The summed E-state index contributed by atoms with van der Waals surface area (Å²) in [6.07, 6.45) is 2.69. The lowest BCUT2D eigenvalue weighted by atomic mass is 10.1. The lowest BCUT2D eigenvalue weighted by Gasteiger charge is -2.14. The number of aromatic amines is 1. The van der Waals surface area contributed by atoms with Crippen LogP contribution in [0.5, 0.6) is 0 Å². The van der Waals surface area contributed by atoms with Gasteiger partial charge in [0.05, 0.1) is 4.90 Å². The molecule has 0 radical (unpaired) electrons. The van der Waals surface area contributed by atoms with Crippen LogP contribution < -0.4 is 4.72 Å². The molecule has 4 aromatic rings. The number of carboxylic acids is 1. The van der Waals surface area contributed by atoms with Crippen molar-refractivity contribution in [2.75, 3.05) is 20.6 Å². The van der Waals surface area contributed by atoms with Crippen molar-refractivity contribution in [2.45, 2.75) is 23.8 Å². The highest BCUT2D eigenvalue weighted by atomic mass is 32.2. The summed E-state index contributed by atoms with van der Waals surface area (Å²) in [6.45, 7) is 0.978. The molecule has 0 aliphatic carbocycles. The monoisotopic (exact) mass is 515 g/mol. The Morgan fingerprint density at radius 3 is 2.22 bits per heavy atom. The van der Waals surface area contributed by atoms with Crippen LogP contribution in [0, 0.1) is 11.8 Å². The molecule has 3 aromatic carbocycles. The minimum Gasteiger partial charge on any atom is -0.480 e. The molecule has 0 aliphatic rings. The zero-order valence-corrected chi connectivity index (χ0v) is 21.5. The summed E-state index contributed by atoms with van der Waals surface area (Å²) in [4.78, 5) is 17.1. The lowest BCUT2D eigenvalue weighted by Crippen LogP contribution is -2.42. The first-order valence-electron chi connectivity index (χ1n) is 11.9. The van der Waals surface area contributed by atoms with Crippen molar-refractivity contribution in [1.82, 2.24) is 14.6 Å². The van der Waals surface area contributed by atoms with Crippen LogP contribution in [0.1, 0.15) is 22.3 Å². The summed E-state index contributed by atoms with van der Waals surface area (Å²) in [5.74, 6) is 4.89. The maximum absolute atomic E-state index is 12.9. The largest absolute Gasteiger partial charge is 0.480 e. The van der Waals surface area contributed by atoms with Crippen molar-refractivity contribution in [3.8, 4) is 11.8 Å². The summed E-state index contributed by atoms with van der Waals surface area (Å²) < 4.78 is 28.2. The molecular weight excluding hydrogens is 486 g/mol. The molecule has 0 bridgehead atoms. The van der Waals surface area contributed by atoms with Crippen molar-refractivity contribution in [2.24, 2.45) is 0 Å². The number of rotatable bonds is 9. The Kier molecular flexibility index (Phi) is 8.09. The number of aliphatic carboxylic acids is 1. The van der Waals surface area contributed by atoms with Crippen LogP contribution in [0.4, 0.5) is 0 Å². The van der Waals surface area contributed by atoms with Crippen LogP contribution in [-0.2, 0) is 27.7 Å². The quantitative estimate of drug-likeness (QED) is 0.296. The number of para-hydroxylation sites is 1. The molecule has 7 nitrogen and oxygen atoms in total. The predicted molar refractivity (Wildman–Crippen MR) is 145 cm³/mol. The molecule has 1 atom stereocenters. The Bertz CT molecular complexity index is 1540. The van der Waals surface area contributed by atoms with Crippen LogP contribution in [0.3, 0.4) is 0 Å². The van der Waals surface area contributed by atoms with Gasteiger partial charge in [-0.25, -0.2) is 8.42 Å². The van der Waals surface area contributed by atoms with Crippen molar-refractivity contribution in [1.29, 1.82) is 0 Å². The first-order chi connectivity index (χ1) is 17.7. The van der Waals surface area contributed by atoms with Gasteiger partial charge in [-0.3, -0.25) is 4.79 Å². The normalized spacial score (nSPS) is 12.3. The van der Waals surface area contributed by atoms with Crippen molar-refractivity contribution in [3.05, 3.63) is 101 Å². The van der Waals surface area contributed by atoms with E-state index in [0.717, 1.165) is 35.0 Å². The van der Waals surface area contributed by atoms with Gasteiger partial charge < -0.3 is 15.0 Å². The van der Waals surface area contributed by atoms with E-state index in [1.807, 2.05) is 50.5 Å². The van der Waals surface area contributed by atoms with Gasteiger partial charge in [0.1, 0.15) is 6.04 Å². The lowest BCUT2D eigenvalue weighted by molar-refractivity contribution is -0.138. The number of fused-ring (bicyclic) bond motifs is 1. The van der Waals surface area contributed by atoms with Crippen LogP contribution in [-0.4, -0.2) is 56.1 Å². The van der Waals surface area contributed by atoms with Gasteiger partial charge in [-0.05, 0) is 74.1 Å². The topological polar surface area (TPSA) is 103 Å². The minimum absolute atomic E-state index is 0.00999. The van der Waals surface area contributed by atoms with Gasteiger partial charge in [0.2, 0.25) is 10.0 Å². The molecule has 3 N–H and O–H groups in total. The smallest absolute Gasteiger partial charge is 0.322 e. The highest BCUT2D eigenvalue weighted by molar-refractivity contribution is 7.89. The Morgan fingerprint density at radius 1 is 0.973 bits per heavy atom. The summed E-state index contributed by atoms with van der Waals surface area (Å²) in [7, 11) is 0.0336. The molecule has 4 rings (SSSR count). The molecule has 0 saturated carbocycles. The summed E-state index contributed by atoms with van der Waals surface area (Å²) in [5, 5.41) is 10.6. The fourth-order valence-corrected chi connectivity index (χ4v) is 5.11. The maximum atomic E-state index is 12.9. The number of nitrogens with one attached hydrogen (secondary N) is 2. The molecule has 0 fully saturated rings. The number of H-pyrrole nitrogens is 1. The average molecular weight is 516 g/mol. The van der Waals surface area contributed by atoms with Gasteiger partial charge in [-0.2, -0.15) is 4.72 Å². The van der Waals surface area contributed by atoms with Gasteiger partial charge in [0.15, 0.2) is 0 Å². The van der Waals surface area contributed by atoms with E-state index in [4.69, 9.17) is 0 Å². The van der Waals surface area contributed by atoms with E-state index in [1.165, 1.54) is 17.7 Å². The van der Waals surface area contributed by atoms with E-state index in [-0.39, 0.29) is 11.3 Å². The van der Waals surface area contributed by atoms with Gasteiger partial charge in [0, 0.05) is 41.2 Å². The van der Waals surface area contributed by atoms with Crippen LogP contribution >= 0.6 is 0 Å². The van der Waals surface area contributed by atoms with E-state index >= 15 is 0 Å². The first-order valence-corrected chi connectivity index (χ1v) is 13.4. The first kappa shape index (κ1) is 26.2. The number of carbonyl (C=O) groups is 1. The number of aromatic nitrogens is 1. The number of hydrogen-bond acceptors (Lipinski definition) is 4. The van der Waals surface area contributed by atoms with E-state index in [1.54, 1.807) is 18.3 Å². The van der Waals surface area contributed by atoms with E-state index < -0.39 is 22.0 Å². The Morgan fingerprint density at radius 2 is 1.59 bits per heavy atom. The number of carboxylic acid groups (broad SMARTS) is 1. The maximum Gasteiger partial charge on any atom is 0.322 e. The number of nitrogens with zero attached hydrogens (tertiary/aromatic N) is 1. The minimum atomic E-state index is -4.05. The van der Waals surface area contributed by atoms with Gasteiger partial charge in [-0.15, -0.1) is 0 Å².